The number of hydrogen-bond acceptors (Lipinski definition) is 5. The lowest BCUT2D eigenvalue weighted by Gasteiger charge is -2.39. The average molecular weight is 483 g/mol. The van der Waals surface area contributed by atoms with Gasteiger partial charge in [-0.15, -0.1) is 0 Å². The van der Waals surface area contributed by atoms with Gasteiger partial charge in [0.25, 0.3) is 0 Å². The number of anilines is 1. The van der Waals surface area contributed by atoms with E-state index in [1.165, 1.54) is 16.3 Å². The van der Waals surface area contributed by atoms with Crippen LogP contribution in [0.4, 0.5) is 5.69 Å². The van der Waals surface area contributed by atoms with Gasteiger partial charge in [-0.1, -0.05) is 72.8 Å². The van der Waals surface area contributed by atoms with Crippen molar-refractivity contribution >= 4 is 16.5 Å². The first kappa shape index (κ1) is 24.5. The summed E-state index contributed by atoms with van der Waals surface area (Å²) in [6, 6.07) is 31.1. The normalized spacial score (nSPS) is 21.1. The molecule has 5 rings (SSSR count). The van der Waals surface area contributed by atoms with Crippen molar-refractivity contribution in [1.29, 1.82) is 0 Å². The lowest BCUT2D eigenvalue weighted by Crippen LogP contribution is -2.38. The van der Waals surface area contributed by atoms with Crippen molar-refractivity contribution in [2.24, 2.45) is 0 Å². The fourth-order valence-electron chi connectivity index (χ4n) is 4.94. The van der Waals surface area contributed by atoms with Crippen LogP contribution in [0.5, 0.6) is 0 Å². The standard InChI is InChI=1S/C31H34N2O3/c1-21(25-15-14-23-6-3-4-7-26(23)16-25)33(2)19-29-18-30(24-12-10-22(20-34)11-13-24)36-31(35-29)27-8-5-9-28(32)17-27/h3-17,21,29-31,34H,18-20,32H2,1-2H3. The van der Waals surface area contributed by atoms with Gasteiger partial charge in [0.05, 0.1) is 18.8 Å². The van der Waals surface area contributed by atoms with Gasteiger partial charge in [-0.25, -0.2) is 0 Å². The minimum atomic E-state index is -0.501. The summed E-state index contributed by atoms with van der Waals surface area (Å²) in [5.74, 6) is 0. The molecule has 5 heteroatoms. The van der Waals surface area contributed by atoms with Crippen molar-refractivity contribution in [3.05, 3.63) is 113 Å². The van der Waals surface area contributed by atoms with Crippen LogP contribution in [0, 0.1) is 0 Å². The monoisotopic (exact) mass is 482 g/mol. The van der Waals surface area contributed by atoms with Gasteiger partial charge in [-0.2, -0.15) is 0 Å². The predicted molar refractivity (Wildman–Crippen MR) is 144 cm³/mol. The molecule has 4 aromatic carbocycles. The first-order valence-electron chi connectivity index (χ1n) is 12.5. The number of nitrogen functional groups attached to an aromatic ring is 1. The number of aliphatic hydroxyl groups is 1. The minimum Gasteiger partial charge on any atom is -0.399 e. The summed E-state index contributed by atoms with van der Waals surface area (Å²) in [6.07, 6.45) is 0.0959. The maximum Gasteiger partial charge on any atom is 0.185 e. The van der Waals surface area contributed by atoms with Gasteiger partial charge in [0, 0.05) is 30.3 Å². The topological polar surface area (TPSA) is 68.0 Å². The fourth-order valence-corrected chi connectivity index (χ4v) is 4.94. The van der Waals surface area contributed by atoms with Crippen LogP contribution < -0.4 is 5.73 Å². The molecule has 186 valence electrons. The summed E-state index contributed by atoms with van der Waals surface area (Å²) >= 11 is 0. The van der Waals surface area contributed by atoms with Crippen LogP contribution in [0.1, 0.15) is 54.0 Å². The number of nitrogens with zero attached hydrogens (tertiary/aromatic N) is 1. The molecule has 5 nitrogen and oxygen atoms in total. The predicted octanol–water partition coefficient (Wildman–Crippen LogP) is 6.15. The van der Waals surface area contributed by atoms with Gasteiger partial charge in [-0.3, -0.25) is 4.90 Å². The van der Waals surface area contributed by atoms with Crippen LogP contribution >= 0.6 is 0 Å². The molecule has 1 saturated heterocycles. The molecule has 1 aliphatic heterocycles. The van der Waals surface area contributed by atoms with Crippen LogP contribution in [0.15, 0.2) is 91.0 Å². The number of aliphatic hydroxyl groups excluding tert-OH is 1. The van der Waals surface area contributed by atoms with E-state index in [-0.39, 0.29) is 24.9 Å². The summed E-state index contributed by atoms with van der Waals surface area (Å²) in [5, 5.41) is 11.9. The Morgan fingerprint density at radius 2 is 1.67 bits per heavy atom. The average Bonchev–Trinajstić information content (AvgIpc) is 2.92. The van der Waals surface area contributed by atoms with E-state index < -0.39 is 6.29 Å². The van der Waals surface area contributed by atoms with Crippen LogP contribution in [0.3, 0.4) is 0 Å². The Kier molecular flexibility index (Phi) is 7.35. The molecule has 1 fully saturated rings. The van der Waals surface area contributed by atoms with Crippen LogP contribution in [-0.2, 0) is 16.1 Å². The second kappa shape index (κ2) is 10.8. The van der Waals surface area contributed by atoms with E-state index in [0.717, 1.165) is 29.7 Å². The summed E-state index contributed by atoms with van der Waals surface area (Å²) in [5.41, 5.74) is 10.9. The van der Waals surface area contributed by atoms with Crippen molar-refractivity contribution in [3.63, 3.8) is 0 Å². The second-order valence-electron chi connectivity index (χ2n) is 9.74. The molecule has 3 N–H and O–H groups in total. The highest BCUT2D eigenvalue weighted by molar-refractivity contribution is 5.83. The van der Waals surface area contributed by atoms with Gasteiger partial charge in [-0.05, 0) is 59.6 Å². The highest BCUT2D eigenvalue weighted by Crippen LogP contribution is 2.39. The van der Waals surface area contributed by atoms with E-state index in [9.17, 15) is 5.11 Å². The molecular weight excluding hydrogens is 448 g/mol. The molecule has 1 aliphatic rings. The van der Waals surface area contributed by atoms with Gasteiger partial charge >= 0.3 is 0 Å². The summed E-state index contributed by atoms with van der Waals surface area (Å²) < 4.78 is 12.9. The molecule has 0 bridgehead atoms. The van der Waals surface area contributed by atoms with E-state index in [2.05, 4.69) is 61.3 Å². The highest BCUT2D eigenvalue weighted by atomic mass is 16.7. The Morgan fingerprint density at radius 1 is 0.889 bits per heavy atom. The van der Waals surface area contributed by atoms with E-state index in [0.29, 0.717) is 5.69 Å². The van der Waals surface area contributed by atoms with Crippen molar-refractivity contribution in [3.8, 4) is 0 Å². The molecule has 36 heavy (non-hydrogen) atoms. The smallest absolute Gasteiger partial charge is 0.185 e. The summed E-state index contributed by atoms with van der Waals surface area (Å²) in [7, 11) is 2.15. The largest absolute Gasteiger partial charge is 0.399 e. The Bertz CT molecular complexity index is 1310. The van der Waals surface area contributed by atoms with Crippen LogP contribution in [-0.4, -0.2) is 29.7 Å². The third kappa shape index (κ3) is 5.45. The Labute approximate surface area is 213 Å². The first-order valence-corrected chi connectivity index (χ1v) is 12.5. The number of likely N-dealkylation sites (N-methyl/N-ethyl adjacent to an activating group) is 1. The van der Waals surface area contributed by atoms with E-state index >= 15 is 0 Å². The maximum atomic E-state index is 9.43. The molecule has 0 saturated carbocycles. The lowest BCUT2D eigenvalue weighted by atomic mass is 9.98. The van der Waals surface area contributed by atoms with Gasteiger partial charge in [0.15, 0.2) is 6.29 Å². The van der Waals surface area contributed by atoms with E-state index in [4.69, 9.17) is 15.2 Å². The third-order valence-corrected chi connectivity index (χ3v) is 7.21. The zero-order chi connectivity index (χ0) is 25.1. The highest BCUT2D eigenvalue weighted by Gasteiger charge is 2.33. The van der Waals surface area contributed by atoms with Crippen LogP contribution in [0.2, 0.25) is 0 Å². The lowest BCUT2D eigenvalue weighted by molar-refractivity contribution is -0.253. The third-order valence-electron chi connectivity index (χ3n) is 7.21. The number of fused-ring (bicyclic) bond motifs is 1. The number of hydrogen-bond donors (Lipinski definition) is 2. The quantitative estimate of drug-likeness (QED) is 0.309. The number of nitrogens with two attached hydrogens (primary N) is 1. The van der Waals surface area contributed by atoms with E-state index in [1.807, 2.05) is 48.5 Å². The number of benzene rings is 4. The first-order chi connectivity index (χ1) is 17.5. The molecule has 0 aromatic heterocycles. The Hall–Kier alpha value is -3.22. The molecule has 0 spiro atoms. The second-order valence-corrected chi connectivity index (χ2v) is 9.74. The minimum absolute atomic E-state index is 0.0272. The molecule has 4 aromatic rings. The fraction of sp³-hybridized carbons (Fsp3) is 0.290. The SMILES string of the molecule is CC(c1ccc2ccccc2c1)N(C)CC1CC(c2ccc(CO)cc2)OC(c2cccc(N)c2)O1. The molecule has 4 unspecified atom stereocenters. The van der Waals surface area contributed by atoms with E-state index in [1.54, 1.807) is 0 Å². The number of rotatable bonds is 7. The zero-order valence-corrected chi connectivity index (χ0v) is 20.9. The molecule has 0 aliphatic carbocycles. The van der Waals surface area contributed by atoms with Gasteiger partial charge < -0.3 is 20.3 Å². The Balaban J connectivity index is 1.36. The number of ether oxygens (including phenoxy) is 2. The molecule has 0 radical (unpaired) electrons. The molecule has 4 atom stereocenters. The maximum absolute atomic E-state index is 9.43. The molecule has 0 amide bonds. The van der Waals surface area contributed by atoms with Crippen molar-refractivity contribution in [2.75, 3.05) is 19.3 Å². The van der Waals surface area contributed by atoms with Crippen molar-refractivity contribution in [2.45, 2.75) is 44.5 Å². The summed E-state index contributed by atoms with van der Waals surface area (Å²) in [4.78, 5) is 2.35. The zero-order valence-electron chi connectivity index (χ0n) is 20.9. The van der Waals surface area contributed by atoms with Gasteiger partial charge in [0.1, 0.15) is 0 Å². The van der Waals surface area contributed by atoms with Gasteiger partial charge in [0.2, 0.25) is 0 Å². The molecular formula is C31H34N2O3. The molecule has 1 heterocycles. The Morgan fingerprint density at radius 3 is 2.42 bits per heavy atom. The van der Waals surface area contributed by atoms with Crippen molar-refractivity contribution in [1.82, 2.24) is 4.90 Å². The van der Waals surface area contributed by atoms with Crippen LogP contribution in [0.25, 0.3) is 10.8 Å². The van der Waals surface area contributed by atoms with Crippen molar-refractivity contribution < 1.29 is 14.6 Å². The summed E-state index contributed by atoms with van der Waals surface area (Å²) in [6.45, 7) is 3.03.